The smallest absolute Gasteiger partial charge is 0.285 e. The van der Waals surface area contributed by atoms with Gasteiger partial charge in [0.1, 0.15) is 5.56 Å². The number of hydrogen-bond acceptors (Lipinski definition) is 6. The van der Waals surface area contributed by atoms with E-state index in [9.17, 15) is 23.5 Å². The van der Waals surface area contributed by atoms with Gasteiger partial charge in [-0.1, -0.05) is 0 Å². The van der Waals surface area contributed by atoms with E-state index in [1.165, 1.54) is 6.26 Å². The lowest BCUT2D eigenvalue weighted by molar-refractivity contribution is -0.385. The number of rotatable bonds is 6. The van der Waals surface area contributed by atoms with Crippen molar-refractivity contribution in [3.63, 3.8) is 0 Å². The lowest BCUT2D eigenvalue weighted by Crippen LogP contribution is -2.28. The summed E-state index contributed by atoms with van der Waals surface area (Å²) >= 11 is 0. The average molecular weight is 304 g/mol. The molecule has 0 aliphatic heterocycles. The molecule has 0 radical (unpaired) electrons. The zero-order chi connectivity index (χ0) is 15.3. The molecule has 20 heavy (non-hydrogen) atoms. The molecule has 0 aromatic heterocycles. The van der Waals surface area contributed by atoms with Gasteiger partial charge in [0.25, 0.3) is 11.6 Å². The molecule has 110 valence electrons. The van der Waals surface area contributed by atoms with Crippen LogP contribution < -0.4 is 16.6 Å². The number of nitro benzene ring substituents is 1. The molecule has 1 atom stereocenters. The van der Waals surface area contributed by atoms with Crippen molar-refractivity contribution >= 4 is 28.1 Å². The van der Waals surface area contributed by atoms with Crippen LogP contribution >= 0.6 is 0 Å². The van der Waals surface area contributed by atoms with Crippen LogP contribution in [0.3, 0.4) is 0 Å². The van der Waals surface area contributed by atoms with Gasteiger partial charge in [-0.15, -0.1) is 0 Å². The number of hydrogen-bond donors (Lipinski definition) is 3. The van der Waals surface area contributed by atoms with E-state index in [-0.39, 0.29) is 23.5 Å². The van der Waals surface area contributed by atoms with E-state index in [4.69, 9.17) is 5.84 Å². The number of nitrogens with zero attached hydrogens (tertiary/aromatic N) is 1. The molecule has 0 aliphatic carbocycles. The maximum atomic E-state index is 13.4. The molecular weight excluding hydrogens is 291 g/mol. The van der Waals surface area contributed by atoms with Crippen LogP contribution in [0.1, 0.15) is 10.4 Å². The summed E-state index contributed by atoms with van der Waals surface area (Å²) in [5.74, 6) is 3.56. The fraction of sp³-hybridized carbons (Fsp3) is 0.300. The van der Waals surface area contributed by atoms with Gasteiger partial charge in [0.15, 0.2) is 5.82 Å². The van der Waals surface area contributed by atoms with Gasteiger partial charge in [0.2, 0.25) is 0 Å². The fourth-order valence-electron chi connectivity index (χ4n) is 1.41. The number of halogens is 1. The predicted molar refractivity (Wildman–Crippen MR) is 72.1 cm³/mol. The van der Waals surface area contributed by atoms with Crippen molar-refractivity contribution in [2.45, 2.75) is 0 Å². The summed E-state index contributed by atoms with van der Waals surface area (Å²) in [5.41, 5.74) is 0.771. The van der Waals surface area contributed by atoms with E-state index in [1.807, 2.05) is 5.43 Å². The third-order valence-electron chi connectivity index (χ3n) is 2.36. The van der Waals surface area contributed by atoms with Crippen LogP contribution in [0.2, 0.25) is 0 Å². The minimum absolute atomic E-state index is 0.0852. The highest BCUT2D eigenvalue weighted by Crippen LogP contribution is 2.25. The molecule has 0 saturated heterocycles. The van der Waals surface area contributed by atoms with Crippen molar-refractivity contribution in [1.82, 2.24) is 5.32 Å². The molecular formula is C10H13FN4O4S. The standard InChI is InChI=1S/C10H13FN4O4S/c1-20(19)3-2-13-10(16)6-4-8(14-12)7(11)5-9(6)15(17)18/h4-5,14H,2-3,12H2,1H3,(H,13,16). The summed E-state index contributed by atoms with van der Waals surface area (Å²) in [6.07, 6.45) is 1.46. The zero-order valence-electron chi connectivity index (χ0n) is 10.5. The first-order valence-corrected chi connectivity index (χ1v) is 7.12. The van der Waals surface area contributed by atoms with Crippen molar-refractivity contribution < 1.29 is 18.3 Å². The predicted octanol–water partition coefficient (Wildman–Crippen LogP) is 0.128. The number of nitrogen functional groups attached to an aromatic ring is 1. The number of amides is 1. The molecule has 1 aromatic rings. The van der Waals surface area contributed by atoms with Crippen LogP contribution in [-0.4, -0.2) is 33.6 Å². The molecule has 8 nitrogen and oxygen atoms in total. The third-order valence-corrected chi connectivity index (χ3v) is 3.14. The number of benzene rings is 1. The summed E-state index contributed by atoms with van der Waals surface area (Å²) in [6.45, 7) is 0.0852. The van der Waals surface area contributed by atoms with E-state index < -0.39 is 33.1 Å². The van der Waals surface area contributed by atoms with Crippen molar-refractivity contribution in [2.75, 3.05) is 24.0 Å². The van der Waals surface area contributed by atoms with Gasteiger partial charge in [0, 0.05) is 29.4 Å². The van der Waals surface area contributed by atoms with E-state index in [2.05, 4.69) is 5.32 Å². The first kappa shape index (κ1) is 16.0. The first-order valence-electron chi connectivity index (χ1n) is 5.39. The highest BCUT2D eigenvalue weighted by atomic mass is 32.2. The summed E-state index contributed by atoms with van der Waals surface area (Å²) in [7, 11) is -1.10. The molecule has 10 heteroatoms. The SMILES string of the molecule is CS(=O)CCNC(=O)c1cc(NN)c(F)cc1[N+](=O)[O-]. The molecule has 0 heterocycles. The monoisotopic (exact) mass is 304 g/mol. The van der Waals surface area contributed by atoms with Gasteiger partial charge in [0.05, 0.1) is 16.7 Å². The highest BCUT2D eigenvalue weighted by Gasteiger charge is 2.23. The van der Waals surface area contributed by atoms with Crippen molar-refractivity contribution in [2.24, 2.45) is 5.84 Å². The topological polar surface area (TPSA) is 127 Å². The molecule has 1 rings (SSSR count). The molecule has 0 fully saturated rings. The Balaban J connectivity index is 3.04. The van der Waals surface area contributed by atoms with Gasteiger partial charge in [-0.3, -0.25) is 25.0 Å². The zero-order valence-corrected chi connectivity index (χ0v) is 11.3. The Morgan fingerprint density at radius 2 is 2.20 bits per heavy atom. The molecule has 4 N–H and O–H groups in total. The summed E-state index contributed by atoms with van der Waals surface area (Å²) in [4.78, 5) is 21.8. The number of anilines is 1. The van der Waals surface area contributed by atoms with E-state index in [0.29, 0.717) is 6.07 Å². The van der Waals surface area contributed by atoms with Gasteiger partial charge in [-0.05, 0) is 6.07 Å². The molecule has 0 spiro atoms. The highest BCUT2D eigenvalue weighted by molar-refractivity contribution is 7.84. The van der Waals surface area contributed by atoms with Crippen LogP contribution in [0, 0.1) is 15.9 Å². The fourth-order valence-corrected chi connectivity index (χ4v) is 1.80. The first-order chi connectivity index (χ1) is 9.36. The quantitative estimate of drug-likeness (QED) is 0.389. The van der Waals surface area contributed by atoms with Gasteiger partial charge in [-0.2, -0.15) is 0 Å². The summed E-state index contributed by atoms with van der Waals surface area (Å²) in [5, 5.41) is 13.2. The van der Waals surface area contributed by atoms with Gasteiger partial charge < -0.3 is 10.7 Å². The molecule has 0 aliphatic rings. The minimum Gasteiger partial charge on any atom is -0.351 e. The largest absolute Gasteiger partial charge is 0.351 e. The molecule has 0 bridgehead atoms. The normalized spacial score (nSPS) is 11.8. The average Bonchev–Trinajstić information content (AvgIpc) is 2.37. The Labute approximate surface area is 116 Å². The maximum Gasteiger partial charge on any atom is 0.285 e. The maximum absolute atomic E-state index is 13.4. The second kappa shape index (κ2) is 6.91. The van der Waals surface area contributed by atoms with E-state index in [1.54, 1.807) is 0 Å². The second-order valence-electron chi connectivity index (χ2n) is 3.78. The van der Waals surface area contributed by atoms with Gasteiger partial charge >= 0.3 is 0 Å². The van der Waals surface area contributed by atoms with Crippen molar-refractivity contribution in [1.29, 1.82) is 0 Å². The Hall–Kier alpha value is -2.07. The Morgan fingerprint density at radius 3 is 2.70 bits per heavy atom. The molecule has 1 amide bonds. The number of hydrazine groups is 1. The van der Waals surface area contributed by atoms with Crippen LogP contribution in [0.25, 0.3) is 0 Å². The van der Waals surface area contributed by atoms with Crippen LogP contribution in [0.5, 0.6) is 0 Å². The summed E-state index contributed by atoms with van der Waals surface area (Å²) < 4.78 is 24.3. The number of carbonyl (C=O) groups is 1. The van der Waals surface area contributed by atoms with Crippen molar-refractivity contribution in [3.8, 4) is 0 Å². The van der Waals surface area contributed by atoms with Crippen LogP contribution in [0.15, 0.2) is 12.1 Å². The van der Waals surface area contributed by atoms with E-state index >= 15 is 0 Å². The summed E-state index contributed by atoms with van der Waals surface area (Å²) in [6, 6.07) is 1.56. The third kappa shape index (κ3) is 3.96. The number of carbonyl (C=O) groups excluding carboxylic acids is 1. The molecule has 0 saturated carbocycles. The number of nitrogens with one attached hydrogen (secondary N) is 2. The Bertz CT molecular complexity index is 566. The van der Waals surface area contributed by atoms with Gasteiger partial charge in [-0.25, -0.2) is 4.39 Å². The number of nitrogens with two attached hydrogens (primary N) is 1. The van der Waals surface area contributed by atoms with Crippen LogP contribution in [-0.2, 0) is 10.8 Å². The minimum atomic E-state index is -1.10. The lowest BCUT2D eigenvalue weighted by atomic mass is 10.1. The lowest BCUT2D eigenvalue weighted by Gasteiger charge is -2.08. The number of nitro groups is 1. The Morgan fingerprint density at radius 1 is 1.55 bits per heavy atom. The van der Waals surface area contributed by atoms with Crippen LogP contribution in [0.4, 0.5) is 15.8 Å². The molecule has 1 unspecified atom stereocenters. The van der Waals surface area contributed by atoms with Crippen molar-refractivity contribution in [3.05, 3.63) is 33.6 Å². The van der Waals surface area contributed by atoms with E-state index in [0.717, 1.165) is 6.07 Å². The Kier molecular flexibility index (Phi) is 5.53. The molecule has 1 aromatic carbocycles. The second-order valence-corrected chi connectivity index (χ2v) is 5.34.